The predicted octanol–water partition coefficient (Wildman–Crippen LogP) is 2.55. The van der Waals surface area contributed by atoms with E-state index >= 15 is 0 Å². The molecule has 1 saturated heterocycles. The Kier molecular flexibility index (Phi) is 4.39. The van der Waals surface area contributed by atoms with Crippen molar-refractivity contribution < 1.29 is 17.6 Å². The number of anilines is 2. The third-order valence-electron chi connectivity index (χ3n) is 3.64. The molecule has 126 valence electrons. The lowest BCUT2D eigenvalue weighted by Gasteiger charge is -2.27. The second kappa shape index (κ2) is 6.48. The zero-order chi connectivity index (χ0) is 17.2. The van der Waals surface area contributed by atoms with E-state index in [-0.39, 0.29) is 10.9 Å². The van der Waals surface area contributed by atoms with Gasteiger partial charge in [-0.05, 0) is 55.0 Å². The molecule has 1 aliphatic rings. The topological polar surface area (TPSA) is 78.5 Å². The molecule has 1 fully saturated rings. The van der Waals surface area contributed by atoms with Crippen LogP contribution >= 0.6 is 0 Å². The first kappa shape index (κ1) is 16.3. The molecule has 2 N–H and O–H groups in total. The maximum absolute atomic E-state index is 12.9. The summed E-state index contributed by atoms with van der Waals surface area (Å²) < 4.78 is 39.8. The number of nitrogens with zero attached hydrogens (tertiary/aromatic N) is 1. The molecule has 2 amide bonds. The molecular formula is C16H16FN3O3S. The van der Waals surface area contributed by atoms with E-state index in [1.165, 1.54) is 12.1 Å². The van der Waals surface area contributed by atoms with E-state index in [9.17, 15) is 17.6 Å². The lowest BCUT2D eigenvalue weighted by atomic mass is 10.2. The summed E-state index contributed by atoms with van der Waals surface area (Å²) in [5.41, 5.74) is 1.05. The summed E-state index contributed by atoms with van der Waals surface area (Å²) in [6.45, 7) is 1.28. The minimum absolute atomic E-state index is 0.0246. The Labute approximate surface area is 139 Å². The van der Waals surface area contributed by atoms with E-state index in [0.717, 1.165) is 18.6 Å². The van der Waals surface area contributed by atoms with Crippen LogP contribution in [0.1, 0.15) is 6.42 Å². The van der Waals surface area contributed by atoms with Gasteiger partial charge in [-0.15, -0.1) is 0 Å². The van der Waals surface area contributed by atoms with E-state index < -0.39 is 15.8 Å². The van der Waals surface area contributed by atoms with E-state index in [1.807, 2.05) is 0 Å². The van der Waals surface area contributed by atoms with Gasteiger partial charge in [0.2, 0.25) is 0 Å². The van der Waals surface area contributed by atoms with Crippen molar-refractivity contribution in [3.8, 4) is 0 Å². The number of amides is 2. The van der Waals surface area contributed by atoms with Gasteiger partial charge in [-0.1, -0.05) is 0 Å². The molecule has 24 heavy (non-hydrogen) atoms. The van der Waals surface area contributed by atoms with Gasteiger partial charge in [0, 0.05) is 24.5 Å². The van der Waals surface area contributed by atoms with E-state index in [2.05, 4.69) is 10.0 Å². The molecule has 8 heteroatoms. The molecule has 0 saturated carbocycles. The normalized spacial score (nSPS) is 15.0. The van der Waals surface area contributed by atoms with Crippen molar-refractivity contribution in [2.75, 3.05) is 22.7 Å². The molecule has 0 aliphatic carbocycles. The van der Waals surface area contributed by atoms with Crippen molar-refractivity contribution in [2.45, 2.75) is 11.3 Å². The number of carbonyl (C=O) groups excluding carboxylic acids is 1. The molecule has 0 bridgehead atoms. The zero-order valence-electron chi connectivity index (χ0n) is 12.7. The lowest BCUT2D eigenvalue weighted by Crippen LogP contribution is -2.46. The van der Waals surface area contributed by atoms with Crippen LogP contribution in [-0.2, 0) is 10.0 Å². The average molecular weight is 349 g/mol. The highest BCUT2D eigenvalue weighted by molar-refractivity contribution is 7.92. The largest absolute Gasteiger partial charge is 0.338 e. The second-order valence-electron chi connectivity index (χ2n) is 5.34. The Morgan fingerprint density at radius 2 is 1.71 bits per heavy atom. The monoisotopic (exact) mass is 349 g/mol. The molecule has 0 aromatic heterocycles. The Morgan fingerprint density at radius 3 is 2.33 bits per heavy atom. The third kappa shape index (κ3) is 3.48. The molecule has 2 aromatic rings. The Bertz CT molecular complexity index is 836. The van der Waals surface area contributed by atoms with Gasteiger partial charge in [0.25, 0.3) is 10.0 Å². The molecule has 6 nitrogen and oxygen atoms in total. The van der Waals surface area contributed by atoms with Gasteiger partial charge in [-0.3, -0.25) is 9.62 Å². The summed E-state index contributed by atoms with van der Waals surface area (Å²) in [6.07, 6.45) is 0.852. The number of nitrogens with one attached hydrogen (secondary N) is 2. The van der Waals surface area contributed by atoms with Crippen molar-refractivity contribution in [1.82, 2.24) is 5.32 Å². The number of halogens is 1. The van der Waals surface area contributed by atoms with E-state index in [1.54, 1.807) is 29.2 Å². The summed E-state index contributed by atoms with van der Waals surface area (Å²) in [7, 11) is -3.79. The van der Waals surface area contributed by atoms with E-state index in [0.29, 0.717) is 24.5 Å². The summed E-state index contributed by atoms with van der Waals surface area (Å²) in [5.74, 6) is -0.502. The number of urea groups is 1. The van der Waals surface area contributed by atoms with Crippen molar-refractivity contribution in [2.24, 2.45) is 0 Å². The number of carbonyl (C=O) groups is 1. The van der Waals surface area contributed by atoms with Crippen molar-refractivity contribution in [1.29, 1.82) is 0 Å². The fourth-order valence-corrected chi connectivity index (χ4v) is 3.47. The summed E-state index contributed by atoms with van der Waals surface area (Å²) in [5, 5.41) is 2.75. The van der Waals surface area contributed by atoms with Crippen molar-refractivity contribution in [3.05, 3.63) is 54.3 Å². The molecule has 3 rings (SSSR count). The molecule has 0 unspecified atom stereocenters. The maximum atomic E-state index is 12.9. The van der Waals surface area contributed by atoms with Crippen molar-refractivity contribution >= 4 is 27.4 Å². The van der Waals surface area contributed by atoms with E-state index in [4.69, 9.17) is 0 Å². The van der Waals surface area contributed by atoms with Crippen LogP contribution in [-0.4, -0.2) is 27.5 Å². The third-order valence-corrected chi connectivity index (χ3v) is 5.03. The maximum Gasteiger partial charge on any atom is 0.321 e. The highest BCUT2D eigenvalue weighted by Gasteiger charge is 2.19. The van der Waals surface area contributed by atoms with Crippen LogP contribution in [0, 0.1) is 5.82 Å². The minimum atomic E-state index is -3.79. The van der Waals surface area contributed by atoms with Gasteiger partial charge >= 0.3 is 6.03 Å². The molecule has 1 aliphatic heterocycles. The van der Waals surface area contributed by atoms with Crippen LogP contribution in [0.3, 0.4) is 0 Å². The summed E-state index contributed by atoms with van der Waals surface area (Å²) >= 11 is 0. The van der Waals surface area contributed by atoms with Gasteiger partial charge < -0.3 is 5.32 Å². The second-order valence-corrected chi connectivity index (χ2v) is 7.03. The highest BCUT2D eigenvalue weighted by atomic mass is 32.2. The molecule has 0 radical (unpaired) electrons. The number of hydrogen-bond acceptors (Lipinski definition) is 3. The lowest BCUT2D eigenvalue weighted by molar-refractivity contribution is 0.243. The summed E-state index contributed by atoms with van der Waals surface area (Å²) in [4.78, 5) is 13.4. The van der Waals surface area contributed by atoms with Crippen molar-refractivity contribution in [3.63, 3.8) is 0 Å². The van der Waals surface area contributed by atoms with Gasteiger partial charge in [0.05, 0.1) is 4.90 Å². The zero-order valence-corrected chi connectivity index (χ0v) is 13.5. The van der Waals surface area contributed by atoms with Crippen LogP contribution in [0.15, 0.2) is 53.4 Å². The Hall–Kier alpha value is -2.61. The van der Waals surface area contributed by atoms with Crippen LogP contribution in [0.4, 0.5) is 20.6 Å². The van der Waals surface area contributed by atoms with Crippen LogP contribution in [0.2, 0.25) is 0 Å². The Morgan fingerprint density at radius 1 is 1.04 bits per heavy atom. The van der Waals surface area contributed by atoms with Crippen LogP contribution < -0.4 is 14.9 Å². The first-order valence-corrected chi connectivity index (χ1v) is 8.88. The molecule has 1 heterocycles. The number of hydrogen-bond donors (Lipinski definition) is 2. The first-order valence-electron chi connectivity index (χ1n) is 7.39. The number of sulfonamides is 1. The van der Waals surface area contributed by atoms with Gasteiger partial charge in [-0.25, -0.2) is 17.6 Å². The number of benzene rings is 2. The van der Waals surface area contributed by atoms with Gasteiger partial charge in [-0.2, -0.15) is 0 Å². The van der Waals surface area contributed by atoms with Crippen LogP contribution in [0.25, 0.3) is 0 Å². The molecular weight excluding hydrogens is 333 g/mol. The average Bonchev–Trinajstić information content (AvgIpc) is 2.56. The smallest absolute Gasteiger partial charge is 0.321 e. The van der Waals surface area contributed by atoms with Gasteiger partial charge in [0.1, 0.15) is 5.82 Å². The summed E-state index contributed by atoms with van der Waals surface area (Å²) in [6, 6.07) is 10.9. The predicted molar refractivity (Wildman–Crippen MR) is 89.0 cm³/mol. The van der Waals surface area contributed by atoms with Crippen LogP contribution in [0.5, 0.6) is 0 Å². The highest BCUT2D eigenvalue weighted by Crippen LogP contribution is 2.22. The molecule has 2 aromatic carbocycles. The Balaban J connectivity index is 1.76. The SMILES string of the molecule is O=C1NCCCN1c1ccc(NS(=O)(=O)c2ccc(F)cc2)cc1. The molecule has 0 spiro atoms. The first-order chi connectivity index (χ1) is 11.5. The fourth-order valence-electron chi connectivity index (χ4n) is 2.41. The fraction of sp³-hybridized carbons (Fsp3) is 0.188. The van der Waals surface area contributed by atoms with Gasteiger partial charge in [0.15, 0.2) is 0 Å². The molecule has 0 atom stereocenters. The standard InChI is InChI=1S/C16H16FN3O3S/c17-12-2-8-15(9-3-12)24(22,23)19-13-4-6-14(7-5-13)20-11-1-10-18-16(20)21/h2-9,19H,1,10-11H2,(H,18,21). The quantitative estimate of drug-likeness (QED) is 0.890. The minimum Gasteiger partial charge on any atom is -0.338 e. The number of rotatable bonds is 4.